The number of hydrogen-bond donors (Lipinski definition) is 2. The van der Waals surface area contributed by atoms with Crippen LogP contribution in [0.25, 0.3) is 27.9 Å². The number of benzene rings is 4. The number of rotatable bonds is 25. The van der Waals surface area contributed by atoms with E-state index in [1.54, 1.807) is 37.0 Å². The first kappa shape index (κ1) is 61.1. The molecule has 3 atom stereocenters. The van der Waals surface area contributed by atoms with Crippen molar-refractivity contribution >= 4 is 64.6 Å². The molecule has 3 fully saturated rings. The molecule has 2 aromatic heterocycles. The normalized spacial score (nSPS) is 16.4. The van der Waals surface area contributed by atoms with E-state index in [0.717, 1.165) is 89.4 Å². The zero-order chi connectivity index (χ0) is 59.9. The lowest BCUT2D eigenvalue weighted by Gasteiger charge is -2.23. The van der Waals surface area contributed by atoms with Crippen molar-refractivity contribution in [2.75, 3.05) is 45.2 Å². The van der Waals surface area contributed by atoms with Gasteiger partial charge in [0.25, 0.3) is 5.91 Å². The van der Waals surface area contributed by atoms with Crippen molar-refractivity contribution in [1.82, 2.24) is 23.8 Å². The van der Waals surface area contributed by atoms with Crippen LogP contribution in [0, 0.1) is 42.3 Å². The fourth-order valence-corrected chi connectivity index (χ4v) is 11.3. The Bertz CT molecular complexity index is 3510. The third-order valence-electron chi connectivity index (χ3n) is 16.7. The van der Waals surface area contributed by atoms with E-state index in [1.807, 2.05) is 109 Å². The Morgan fingerprint density at radius 2 is 1.31 bits per heavy atom. The summed E-state index contributed by atoms with van der Waals surface area (Å²) < 4.78 is 26.7. The second-order valence-corrected chi connectivity index (χ2v) is 23.8. The maximum absolute atomic E-state index is 16.0. The van der Waals surface area contributed by atoms with Gasteiger partial charge in [-0.05, 0) is 170 Å². The van der Waals surface area contributed by atoms with Gasteiger partial charge in [0.05, 0.1) is 12.6 Å². The predicted molar refractivity (Wildman–Crippen MR) is 343 cm³/mol. The largest absolute Gasteiger partial charge is 0.457 e. The molecule has 4 aromatic carbocycles. The van der Waals surface area contributed by atoms with Crippen molar-refractivity contribution in [3.8, 4) is 39.4 Å². The molecule has 3 heterocycles. The summed E-state index contributed by atoms with van der Waals surface area (Å²) in [4.78, 5) is 46.4. The van der Waals surface area contributed by atoms with E-state index in [1.165, 1.54) is 25.0 Å². The number of likely N-dealkylation sites (tertiary alicyclic amines) is 1. The third-order valence-corrected chi connectivity index (χ3v) is 16.9. The second kappa shape index (κ2) is 27.0. The summed E-state index contributed by atoms with van der Waals surface area (Å²) in [6.07, 6.45) is 18.4. The van der Waals surface area contributed by atoms with Crippen molar-refractivity contribution in [2.45, 2.75) is 125 Å². The average molecular weight is 1150 g/mol. The topological polar surface area (TPSA) is 139 Å². The number of likely N-dealkylation sites (N-methyl/N-ethyl adjacent to an activating group) is 2. The number of aromatic nitrogens is 2. The van der Waals surface area contributed by atoms with Gasteiger partial charge in [-0.15, -0.1) is 0 Å². The number of nitrogens with zero attached hydrogens (tertiary/aromatic N) is 8. The van der Waals surface area contributed by atoms with Crippen LogP contribution in [0.15, 0.2) is 125 Å². The molecular weight excluding hydrogens is 1070 g/mol. The Balaban J connectivity index is 1.02. The summed E-state index contributed by atoms with van der Waals surface area (Å²) in [5.41, 5.74) is 9.38. The Morgan fingerprint density at radius 3 is 1.90 bits per heavy atom. The molecule has 84 heavy (non-hydrogen) atoms. The number of anilines is 1. The van der Waals surface area contributed by atoms with Gasteiger partial charge in [0.1, 0.15) is 29.0 Å². The van der Waals surface area contributed by atoms with E-state index < -0.39 is 5.82 Å². The molecule has 2 N–H and O–H groups in total. The molecule has 2 saturated carbocycles. The van der Waals surface area contributed by atoms with E-state index in [0.29, 0.717) is 76.5 Å². The highest BCUT2D eigenvalue weighted by Gasteiger charge is 2.33. The first-order valence-electron chi connectivity index (χ1n) is 29.8. The number of aliphatic imine (C=N–C) groups is 2. The molecule has 15 heteroatoms. The van der Waals surface area contributed by atoms with Gasteiger partial charge in [0.15, 0.2) is 0 Å². The van der Waals surface area contributed by atoms with E-state index in [9.17, 15) is 9.59 Å². The minimum absolute atomic E-state index is 0.0107. The first-order chi connectivity index (χ1) is 40.3. The summed E-state index contributed by atoms with van der Waals surface area (Å²) in [5, 5.41) is 18.8. The van der Waals surface area contributed by atoms with Gasteiger partial charge >= 0.3 is 0 Å². The van der Waals surface area contributed by atoms with Crippen molar-refractivity contribution in [1.29, 1.82) is 10.8 Å². The van der Waals surface area contributed by atoms with Gasteiger partial charge < -0.3 is 29.9 Å². The van der Waals surface area contributed by atoms with Crippen LogP contribution >= 0.6 is 11.6 Å². The van der Waals surface area contributed by atoms with Crippen molar-refractivity contribution in [3.63, 3.8) is 0 Å². The highest BCUT2D eigenvalue weighted by atomic mass is 35.5. The van der Waals surface area contributed by atoms with Gasteiger partial charge in [-0.1, -0.05) is 81.8 Å². The Morgan fingerprint density at radius 1 is 0.738 bits per heavy atom. The van der Waals surface area contributed by atoms with Crippen LogP contribution in [0.4, 0.5) is 21.7 Å². The molecule has 0 radical (unpaired) electrons. The summed E-state index contributed by atoms with van der Waals surface area (Å²) >= 11 is 6.37. The van der Waals surface area contributed by atoms with Crippen molar-refractivity contribution < 1.29 is 18.7 Å². The Hall–Kier alpha value is -7.52. The van der Waals surface area contributed by atoms with Gasteiger partial charge in [0.2, 0.25) is 5.91 Å². The molecule has 3 unspecified atom stereocenters. The van der Waals surface area contributed by atoms with Gasteiger partial charge in [-0.3, -0.25) is 24.0 Å². The van der Waals surface area contributed by atoms with E-state index >= 15 is 4.39 Å². The number of amides is 2. The zero-order valence-electron chi connectivity index (χ0n) is 50.6. The Labute approximate surface area is 501 Å². The van der Waals surface area contributed by atoms with Gasteiger partial charge in [-0.25, -0.2) is 14.4 Å². The molecular formula is C69H82ClFN10O3. The predicted octanol–water partition coefficient (Wildman–Crippen LogP) is 15.7. The molecule has 0 bridgehead atoms. The third kappa shape index (κ3) is 14.3. The molecule has 440 valence electrons. The number of ether oxygens (including phenoxy) is 1. The minimum Gasteiger partial charge on any atom is -0.457 e. The highest BCUT2D eigenvalue weighted by molar-refractivity contribution is 6.30. The number of hydrogen-bond acceptors (Lipinski definition) is 9. The quantitative estimate of drug-likeness (QED) is 0.0434. The highest BCUT2D eigenvalue weighted by Crippen LogP contribution is 2.44. The van der Waals surface area contributed by atoms with Crippen LogP contribution in [0.3, 0.4) is 0 Å². The smallest absolute Gasteiger partial charge is 0.251 e. The minimum atomic E-state index is -0.518. The van der Waals surface area contributed by atoms with Crippen LogP contribution < -0.4 is 9.64 Å². The van der Waals surface area contributed by atoms with Crippen LogP contribution in [-0.4, -0.2) is 112 Å². The van der Waals surface area contributed by atoms with Crippen LogP contribution in [0.5, 0.6) is 11.5 Å². The van der Waals surface area contributed by atoms with Crippen LogP contribution in [-0.2, 0) is 16.1 Å². The van der Waals surface area contributed by atoms with E-state index in [4.69, 9.17) is 37.1 Å². The Kier molecular flexibility index (Phi) is 19.6. The standard InChI is InChI=1S/C69H82ClFN10O3/c1-11-44(3)40-74-68-64(46(5)72)66(51-20-24-53(70)25-21-51)48(7)80(68)58-17-13-16-57(39-58)79(63(83)19-15-34-77(10)56-28-29-56)42-50-36-54(71)38-61(37-50)84-60-30-22-52(23-31-60)67-49(8)81(69(65(67)47(6)73)75-41-45(4)12-2)59-32-35-78(43-59)62(82)18-14-33-76(9)55-26-27-55/h13-25,30-31,36-41,44-45,55-56,59,72-73H,11-12,26-29,32-35,42-43H2,1-10H3. The summed E-state index contributed by atoms with van der Waals surface area (Å²) in [5.74, 6) is 1.70. The fraction of sp³-hybridized carbons (Fsp3) is 0.391. The number of nitrogens with one attached hydrogen (secondary N) is 2. The van der Waals surface area contributed by atoms with Crippen LogP contribution in [0.1, 0.15) is 121 Å². The SMILES string of the molecule is CCC(C)C=Nc1c(C(C)=N)c(-c2ccc(Cl)cc2)c(C)n1-c1cccc(N(Cc2cc(F)cc(Oc3ccc(-c4c(C(C)=N)c(N=CC(C)CC)n(C5CCN(C(=O)C=CCN(C)C6CC6)C5)c4C)cc3)c2)C(=O)C=CCN(C)C2CC2)c1. The molecule has 3 aliphatic rings. The molecule has 6 aromatic rings. The summed E-state index contributed by atoms with van der Waals surface area (Å²) in [6.45, 7) is 18.7. The fourth-order valence-electron chi connectivity index (χ4n) is 11.2. The lowest BCUT2D eigenvalue weighted by Crippen LogP contribution is -2.29. The number of halogens is 2. The van der Waals surface area contributed by atoms with Gasteiger partial charge in [0, 0.05) is 130 Å². The first-order valence-corrected chi connectivity index (χ1v) is 30.2. The monoisotopic (exact) mass is 1150 g/mol. The molecule has 9 rings (SSSR count). The molecule has 0 spiro atoms. The van der Waals surface area contributed by atoms with E-state index in [-0.39, 0.29) is 42.0 Å². The summed E-state index contributed by atoms with van der Waals surface area (Å²) in [6, 6.07) is 28.6. The van der Waals surface area contributed by atoms with E-state index in [2.05, 4.69) is 67.6 Å². The average Bonchev–Trinajstić information content (AvgIpc) is 2.00. The molecule has 2 aliphatic carbocycles. The molecule has 13 nitrogen and oxygen atoms in total. The molecule has 1 aliphatic heterocycles. The lowest BCUT2D eigenvalue weighted by molar-refractivity contribution is -0.125. The van der Waals surface area contributed by atoms with Crippen molar-refractivity contribution in [3.05, 3.63) is 154 Å². The zero-order valence-corrected chi connectivity index (χ0v) is 51.3. The number of carbonyl (C=O) groups is 2. The maximum Gasteiger partial charge on any atom is 0.251 e. The van der Waals surface area contributed by atoms with Crippen molar-refractivity contribution in [2.24, 2.45) is 21.8 Å². The second-order valence-electron chi connectivity index (χ2n) is 23.3. The summed E-state index contributed by atoms with van der Waals surface area (Å²) in [7, 11) is 4.17. The molecule has 2 amide bonds. The van der Waals surface area contributed by atoms with Crippen LogP contribution in [0.2, 0.25) is 5.02 Å². The number of carbonyl (C=O) groups excluding carboxylic acids is 2. The lowest BCUT2D eigenvalue weighted by atomic mass is 9.99. The maximum atomic E-state index is 16.0. The van der Waals surface area contributed by atoms with Gasteiger partial charge in [-0.2, -0.15) is 0 Å². The molecule has 1 saturated heterocycles.